The van der Waals surface area contributed by atoms with Crippen LogP contribution in [0.15, 0.2) is 41.1 Å². The number of carbonyl (C=O) groups is 1. The Morgan fingerprint density at radius 3 is 2.79 bits per heavy atom. The number of hydrogen-bond donors (Lipinski definition) is 1. The van der Waals surface area contributed by atoms with Gasteiger partial charge in [0, 0.05) is 11.8 Å². The number of carbonyl (C=O) groups excluding carboxylic acids is 1. The molecule has 0 saturated heterocycles. The van der Waals surface area contributed by atoms with Crippen LogP contribution in [0.2, 0.25) is 0 Å². The van der Waals surface area contributed by atoms with Gasteiger partial charge in [-0.1, -0.05) is 17.3 Å². The third kappa shape index (κ3) is 4.58. The molecular formula is C20H22FN5O2. The second-order valence-electron chi connectivity index (χ2n) is 6.78. The molecule has 1 aromatic carbocycles. The maximum absolute atomic E-state index is 13.8. The number of anilines is 1. The number of aromatic nitrogens is 3. The molecule has 0 radical (unpaired) electrons. The van der Waals surface area contributed by atoms with Crippen molar-refractivity contribution in [1.29, 1.82) is 0 Å². The van der Waals surface area contributed by atoms with E-state index in [9.17, 15) is 9.18 Å². The molecule has 146 valence electrons. The van der Waals surface area contributed by atoms with Gasteiger partial charge in [0.2, 0.25) is 17.6 Å². The second-order valence-corrected chi connectivity index (χ2v) is 6.78. The Labute approximate surface area is 162 Å². The molecule has 0 fully saturated rings. The molecule has 0 aliphatic rings. The Hall–Kier alpha value is -3.13. The van der Waals surface area contributed by atoms with Crippen LogP contribution in [0.5, 0.6) is 0 Å². The molecule has 1 amide bonds. The summed E-state index contributed by atoms with van der Waals surface area (Å²) in [5.74, 6) is 0.637. The van der Waals surface area contributed by atoms with Gasteiger partial charge in [-0.05, 0) is 57.1 Å². The lowest BCUT2D eigenvalue weighted by Crippen LogP contribution is -2.32. The first-order valence-corrected chi connectivity index (χ1v) is 8.86. The number of halogens is 1. The van der Waals surface area contributed by atoms with Crippen molar-refractivity contribution in [2.45, 2.75) is 26.8 Å². The molecule has 2 heterocycles. The summed E-state index contributed by atoms with van der Waals surface area (Å²) in [7, 11) is 1.78. The number of nitrogens with zero attached hydrogens (tertiary/aromatic N) is 4. The van der Waals surface area contributed by atoms with Crippen molar-refractivity contribution in [3.8, 4) is 11.4 Å². The van der Waals surface area contributed by atoms with Crippen LogP contribution in [-0.4, -0.2) is 39.5 Å². The molecule has 1 unspecified atom stereocenters. The van der Waals surface area contributed by atoms with Gasteiger partial charge < -0.3 is 9.84 Å². The van der Waals surface area contributed by atoms with E-state index in [1.165, 1.54) is 6.07 Å². The lowest BCUT2D eigenvalue weighted by Gasteiger charge is -2.20. The van der Waals surface area contributed by atoms with E-state index in [1.807, 2.05) is 19.9 Å². The van der Waals surface area contributed by atoms with Crippen molar-refractivity contribution < 1.29 is 13.7 Å². The Morgan fingerprint density at radius 2 is 2.07 bits per heavy atom. The van der Waals surface area contributed by atoms with Gasteiger partial charge >= 0.3 is 0 Å². The average Bonchev–Trinajstić information content (AvgIpc) is 3.13. The third-order valence-corrected chi connectivity index (χ3v) is 4.47. The Kier molecular flexibility index (Phi) is 5.79. The van der Waals surface area contributed by atoms with Crippen LogP contribution in [0.3, 0.4) is 0 Å². The van der Waals surface area contributed by atoms with E-state index >= 15 is 0 Å². The zero-order valence-electron chi connectivity index (χ0n) is 16.2. The monoisotopic (exact) mass is 383 g/mol. The van der Waals surface area contributed by atoms with Crippen LogP contribution >= 0.6 is 0 Å². The van der Waals surface area contributed by atoms with Gasteiger partial charge in [0.25, 0.3) is 0 Å². The van der Waals surface area contributed by atoms with Crippen LogP contribution in [0.1, 0.15) is 30.0 Å². The highest BCUT2D eigenvalue weighted by Gasteiger charge is 2.21. The van der Waals surface area contributed by atoms with Gasteiger partial charge in [-0.3, -0.25) is 9.69 Å². The van der Waals surface area contributed by atoms with Crippen LogP contribution in [0, 0.1) is 19.7 Å². The van der Waals surface area contributed by atoms with Crippen LogP contribution in [0.25, 0.3) is 11.4 Å². The number of hydrogen-bond acceptors (Lipinski definition) is 6. The molecule has 0 saturated carbocycles. The highest BCUT2D eigenvalue weighted by molar-refractivity contribution is 5.91. The number of pyridine rings is 1. The summed E-state index contributed by atoms with van der Waals surface area (Å²) in [5, 5.41) is 6.69. The van der Waals surface area contributed by atoms with E-state index in [0.717, 1.165) is 5.56 Å². The lowest BCUT2D eigenvalue weighted by molar-refractivity contribution is -0.117. The number of aryl methyl sites for hydroxylation is 2. The lowest BCUT2D eigenvalue weighted by atomic mass is 10.1. The molecule has 0 aliphatic heterocycles. The smallest absolute Gasteiger partial charge is 0.244 e. The van der Waals surface area contributed by atoms with Gasteiger partial charge in [0.1, 0.15) is 11.6 Å². The first-order chi connectivity index (χ1) is 13.3. The largest absolute Gasteiger partial charge is 0.337 e. The van der Waals surface area contributed by atoms with Crippen LogP contribution in [0.4, 0.5) is 10.2 Å². The Morgan fingerprint density at radius 1 is 1.29 bits per heavy atom. The zero-order chi connectivity index (χ0) is 20.3. The maximum atomic E-state index is 13.8. The van der Waals surface area contributed by atoms with Crippen molar-refractivity contribution in [3.05, 3.63) is 59.4 Å². The molecule has 2 aromatic heterocycles. The first kappa shape index (κ1) is 19.6. The highest BCUT2D eigenvalue weighted by Crippen LogP contribution is 2.23. The average molecular weight is 383 g/mol. The predicted molar refractivity (Wildman–Crippen MR) is 103 cm³/mol. The number of likely N-dealkylation sites (N-methyl/N-ethyl adjacent to an activating group) is 1. The van der Waals surface area contributed by atoms with E-state index in [2.05, 4.69) is 20.4 Å². The minimum absolute atomic E-state index is 0.119. The molecule has 3 aromatic rings. The fourth-order valence-corrected chi connectivity index (χ4v) is 2.59. The molecule has 0 aliphatic carbocycles. The van der Waals surface area contributed by atoms with Crippen LogP contribution in [-0.2, 0) is 4.79 Å². The number of rotatable bonds is 6. The van der Waals surface area contributed by atoms with Gasteiger partial charge in [-0.25, -0.2) is 9.37 Å². The first-order valence-electron chi connectivity index (χ1n) is 8.86. The van der Waals surface area contributed by atoms with Crippen molar-refractivity contribution in [3.63, 3.8) is 0 Å². The quantitative estimate of drug-likeness (QED) is 0.701. The van der Waals surface area contributed by atoms with Crippen molar-refractivity contribution in [2.75, 3.05) is 18.9 Å². The van der Waals surface area contributed by atoms with Crippen LogP contribution < -0.4 is 5.32 Å². The Bertz CT molecular complexity index is 988. The molecule has 8 heteroatoms. The zero-order valence-corrected chi connectivity index (χ0v) is 16.2. The molecule has 0 spiro atoms. The molecule has 0 bridgehead atoms. The number of nitrogens with one attached hydrogen (secondary N) is 1. The molecular weight excluding hydrogens is 361 g/mol. The molecule has 28 heavy (non-hydrogen) atoms. The number of benzene rings is 1. The fraction of sp³-hybridized carbons (Fsp3) is 0.300. The summed E-state index contributed by atoms with van der Waals surface area (Å²) >= 11 is 0. The summed E-state index contributed by atoms with van der Waals surface area (Å²) in [6.07, 6.45) is 1.64. The van der Waals surface area contributed by atoms with E-state index in [1.54, 1.807) is 43.3 Å². The third-order valence-electron chi connectivity index (χ3n) is 4.47. The maximum Gasteiger partial charge on any atom is 0.244 e. The minimum Gasteiger partial charge on any atom is -0.337 e. The summed E-state index contributed by atoms with van der Waals surface area (Å²) in [5.41, 5.74) is 2.10. The SMILES string of the molecule is Cc1ccnc(NC(=O)CN(C)C(C)c2nc(-c3ccc(C)c(F)c3)no2)c1. The van der Waals surface area contributed by atoms with Gasteiger partial charge in [0.05, 0.1) is 12.6 Å². The fourth-order valence-electron chi connectivity index (χ4n) is 2.59. The van der Waals surface area contributed by atoms with Crippen molar-refractivity contribution >= 4 is 11.7 Å². The van der Waals surface area contributed by atoms with Crippen molar-refractivity contribution in [1.82, 2.24) is 20.0 Å². The number of amides is 1. The molecule has 1 atom stereocenters. The topological polar surface area (TPSA) is 84.2 Å². The minimum atomic E-state index is -0.324. The van der Waals surface area contributed by atoms with Gasteiger partial charge in [-0.2, -0.15) is 4.98 Å². The van der Waals surface area contributed by atoms with Gasteiger partial charge in [0.15, 0.2) is 0 Å². The van der Waals surface area contributed by atoms with E-state index < -0.39 is 0 Å². The van der Waals surface area contributed by atoms with E-state index in [0.29, 0.717) is 28.7 Å². The molecule has 1 N–H and O–H groups in total. The normalized spacial score (nSPS) is 12.2. The summed E-state index contributed by atoms with van der Waals surface area (Å²) in [6, 6.07) is 8.14. The summed E-state index contributed by atoms with van der Waals surface area (Å²) in [4.78, 5) is 22.5. The van der Waals surface area contributed by atoms with E-state index in [-0.39, 0.29) is 24.3 Å². The second kappa shape index (κ2) is 8.26. The summed E-state index contributed by atoms with van der Waals surface area (Å²) < 4.78 is 19.1. The van der Waals surface area contributed by atoms with Crippen molar-refractivity contribution in [2.24, 2.45) is 0 Å². The van der Waals surface area contributed by atoms with E-state index in [4.69, 9.17) is 4.52 Å². The Balaban J connectivity index is 1.64. The van der Waals surface area contributed by atoms with Gasteiger partial charge in [-0.15, -0.1) is 0 Å². The highest BCUT2D eigenvalue weighted by atomic mass is 19.1. The molecule has 7 nitrogen and oxygen atoms in total. The summed E-state index contributed by atoms with van der Waals surface area (Å²) in [6.45, 7) is 5.59. The molecule has 3 rings (SSSR count). The predicted octanol–water partition coefficient (Wildman–Crippen LogP) is 3.52. The standard InChI is InChI=1S/C20H22FN5O2/c1-12-7-8-22-17(9-12)23-18(27)11-26(4)14(3)20-24-19(25-28-20)15-6-5-13(2)16(21)10-15/h5-10,14H,11H2,1-4H3,(H,22,23,27).